The van der Waals surface area contributed by atoms with Crippen LogP contribution in [0.3, 0.4) is 0 Å². The first kappa shape index (κ1) is 16.8. The number of hydrogen-bond donors (Lipinski definition) is 1. The van der Waals surface area contributed by atoms with Crippen LogP contribution in [0.4, 0.5) is 26.3 Å². The van der Waals surface area contributed by atoms with Crippen molar-refractivity contribution >= 4 is 0 Å². The van der Waals surface area contributed by atoms with Crippen molar-refractivity contribution in [1.29, 1.82) is 0 Å². The lowest BCUT2D eigenvalue weighted by atomic mass is 10.1. The van der Waals surface area contributed by atoms with Crippen molar-refractivity contribution in [1.82, 2.24) is 0 Å². The summed E-state index contributed by atoms with van der Waals surface area (Å²) in [7, 11) is 0. The average Bonchev–Trinajstić information content (AvgIpc) is 2.25. The van der Waals surface area contributed by atoms with E-state index in [2.05, 4.69) is 4.74 Å². The highest BCUT2D eigenvalue weighted by Crippen LogP contribution is 2.36. The van der Waals surface area contributed by atoms with Crippen molar-refractivity contribution in [2.75, 3.05) is 6.61 Å². The number of alkyl halides is 6. The molecular formula is C12H12F6O2. The maximum atomic E-state index is 12.2. The minimum Gasteiger partial charge on any atom is -0.386 e. The van der Waals surface area contributed by atoms with E-state index in [0.29, 0.717) is 5.56 Å². The molecule has 1 aromatic carbocycles. The van der Waals surface area contributed by atoms with Gasteiger partial charge in [0.25, 0.3) is 0 Å². The normalized spacial score (nSPS) is 14.7. The minimum atomic E-state index is -5.58. The molecule has 0 heterocycles. The maximum Gasteiger partial charge on any atom is 0.423 e. The summed E-state index contributed by atoms with van der Waals surface area (Å²) in [5, 5.41) is 9.57. The molecule has 0 aromatic heterocycles. The second-order valence-electron chi connectivity index (χ2n) is 4.23. The summed E-state index contributed by atoms with van der Waals surface area (Å²) in [6.45, 7) is 0.568. The van der Waals surface area contributed by atoms with Gasteiger partial charge < -0.3 is 9.84 Å². The Balaban J connectivity index is 2.73. The second kappa shape index (κ2) is 6.01. The first-order chi connectivity index (χ1) is 9.01. The summed E-state index contributed by atoms with van der Waals surface area (Å²) >= 11 is 0. The Morgan fingerprint density at radius 1 is 1.10 bits per heavy atom. The highest BCUT2D eigenvalue weighted by molar-refractivity contribution is 5.24. The monoisotopic (exact) mass is 302 g/mol. The van der Waals surface area contributed by atoms with Crippen molar-refractivity contribution in [2.24, 2.45) is 0 Å². The fraction of sp³-hybridized carbons (Fsp3) is 0.500. The van der Waals surface area contributed by atoms with Gasteiger partial charge in [0.15, 0.2) is 0 Å². The number of aliphatic hydroxyl groups is 1. The lowest BCUT2D eigenvalue weighted by Crippen LogP contribution is -2.45. The topological polar surface area (TPSA) is 29.5 Å². The van der Waals surface area contributed by atoms with Crippen LogP contribution in [-0.2, 0) is 4.74 Å². The van der Waals surface area contributed by atoms with Gasteiger partial charge in [-0.15, -0.1) is 0 Å². The molecular weight excluding hydrogens is 290 g/mol. The summed E-state index contributed by atoms with van der Waals surface area (Å²) in [4.78, 5) is 0. The molecule has 1 rings (SSSR count). The molecule has 0 saturated heterocycles. The van der Waals surface area contributed by atoms with E-state index in [1.54, 1.807) is 13.0 Å². The van der Waals surface area contributed by atoms with Gasteiger partial charge in [-0.3, -0.25) is 0 Å². The molecule has 1 unspecified atom stereocenters. The van der Waals surface area contributed by atoms with Gasteiger partial charge in [0.1, 0.15) is 6.10 Å². The van der Waals surface area contributed by atoms with Crippen molar-refractivity contribution in [3.8, 4) is 0 Å². The van der Waals surface area contributed by atoms with Gasteiger partial charge in [0, 0.05) is 0 Å². The largest absolute Gasteiger partial charge is 0.423 e. The quantitative estimate of drug-likeness (QED) is 0.862. The number of aliphatic hydroxyl groups excluding tert-OH is 1. The summed E-state index contributed by atoms with van der Waals surface area (Å²) in [6, 6.07) is 6.03. The first-order valence-electron chi connectivity index (χ1n) is 5.51. The van der Waals surface area contributed by atoms with Gasteiger partial charge in [-0.1, -0.05) is 29.8 Å². The smallest absolute Gasteiger partial charge is 0.386 e. The van der Waals surface area contributed by atoms with Crippen molar-refractivity contribution in [3.63, 3.8) is 0 Å². The van der Waals surface area contributed by atoms with Crippen LogP contribution in [0.5, 0.6) is 0 Å². The van der Waals surface area contributed by atoms with E-state index in [9.17, 15) is 31.4 Å². The molecule has 1 aromatic rings. The van der Waals surface area contributed by atoms with Crippen LogP contribution in [0.2, 0.25) is 0 Å². The molecule has 114 valence electrons. The van der Waals surface area contributed by atoms with Crippen molar-refractivity contribution < 1.29 is 36.2 Å². The van der Waals surface area contributed by atoms with E-state index < -0.39 is 31.2 Å². The predicted molar refractivity (Wildman–Crippen MR) is 58.0 cm³/mol. The van der Waals surface area contributed by atoms with Crippen LogP contribution in [-0.4, -0.2) is 30.2 Å². The third kappa shape index (κ3) is 4.68. The fourth-order valence-electron chi connectivity index (χ4n) is 1.54. The number of aryl methyl sites for hydroxylation is 1. The number of hydrogen-bond acceptors (Lipinski definition) is 2. The Hall–Kier alpha value is -1.28. The molecule has 0 saturated carbocycles. The van der Waals surface area contributed by atoms with Crippen molar-refractivity contribution in [2.45, 2.75) is 31.5 Å². The molecule has 0 aliphatic rings. The lowest BCUT2D eigenvalue weighted by molar-refractivity contribution is -0.324. The standard InChI is InChI=1S/C12H12F6O2/c1-7-3-2-4-8(5-7)9(19)6-20-10(11(13,14)15)12(16,17)18/h2-5,9-10,19H,6H2,1H3. The third-order valence-electron chi connectivity index (χ3n) is 2.44. The first-order valence-corrected chi connectivity index (χ1v) is 5.51. The van der Waals surface area contributed by atoms with Crippen LogP contribution in [0.1, 0.15) is 17.2 Å². The number of ether oxygens (including phenoxy) is 1. The van der Waals surface area contributed by atoms with Gasteiger partial charge in [0.05, 0.1) is 6.61 Å². The van der Waals surface area contributed by atoms with Crippen LogP contribution >= 0.6 is 0 Å². The zero-order valence-electron chi connectivity index (χ0n) is 10.3. The van der Waals surface area contributed by atoms with E-state index in [0.717, 1.165) is 0 Å². The van der Waals surface area contributed by atoms with Crippen LogP contribution in [0.15, 0.2) is 24.3 Å². The highest BCUT2D eigenvalue weighted by Gasteiger charge is 2.58. The van der Waals surface area contributed by atoms with Gasteiger partial charge in [-0.25, -0.2) is 0 Å². The van der Waals surface area contributed by atoms with E-state index >= 15 is 0 Å². The molecule has 0 bridgehead atoms. The third-order valence-corrected chi connectivity index (χ3v) is 2.44. The zero-order chi connectivity index (χ0) is 15.6. The molecule has 0 fully saturated rings. The lowest BCUT2D eigenvalue weighted by Gasteiger charge is -2.24. The Kier molecular flexibility index (Phi) is 5.04. The van der Waals surface area contributed by atoms with Crippen LogP contribution < -0.4 is 0 Å². The van der Waals surface area contributed by atoms with Gasteiger partial charge >= 0.3 is 12.4 Å². The SMILES string of the molecule is Cc1cccc(C(O)COC(C(F)(F)F)C(F)(F)F)c1. The van der Waals surface area contributed by atoms with E-state index in [1.807, 2.05) is 0 Å². The highest BCUT2D eigenvalue weighted by atomic mass is 19.4. The Morgan fingerprint density at radius 3 is 2.10 bits per heavy atom. The molecule has 0 spiro atoms. The molecule has 0 amide bonds. The summed E-state index contributed by atoms with van der Waals surface area (Å²) in [5.41, 5.74) is 0.901. The molecule has 0 radical (unpaired) electrons. The Morgan fingerprint density at radius 2 is 1.65 bits per heavy atom. The van der Waals surface area contributed by atoms with Crippen molar-refractivity contribution in [3.05, 3.63) is 35.4 Å². The van der Waals surface area contributed by atoms with Gasteiger partial charge in [-0.2, -0.15) is 26.3 Å². The van der Waals surface area contributed by atoms with E-state index in [1.165, 1.54) is 18.2 Å². The summed E-state index contributed by atoms with van der Waals surface area (Å²) in [6.07, 6.45) is -16.6. The van der Waals surface area contributed by atoms with Gasteiger partial charge in [-0.05, 0) is 12.5 Å². The van der Waals surface area contributed by atoms with Gasteiger partial charge in [0.2, 0.25) is 6.10 Å². The molecule has 8 heteroatoms. The average molecular weight is 302 g/mol. The Bertz CT molecular complexity index is 426. The predicted octanol–water partition coefficient (Wildman–Crippen LogP) is 3.54. The maximum absolute atomic E-state index is 12.2. The number of benzene rings is 1. The summed E-state index contributed by atoms with van der Waals surface area (Å²) in [5.74, 6) is 0. The second-order valence-corrected chi connectivity index (χ2v) is 4.23. The van der Waals surface area contributed by atoms with Crippen LogP contribution in [0.25, 0.3) is 0 Å². The number of halogens is 6. The molecule has 20 heavy (non-hydrogen) atoms. The molecule has 1 atom stereocenters. The molecule has 1 N–H and O–H groups in total. The molecule has 2 nitrogen and oxygen atoms in total. The fourth-order valence-corrected chi connectivity index (χ4v) is 1.54. The Labute approximate surface area is 111 Å². The van der Waals surface area contributed by atoms with Crippen LogP contribution in [0, 0.1) is 6.92 Å². The zero-order valence-corrected chi connectivity index (χ0v) is 10.3. The van der Waals surface area contributed by atoms with E-state index in [4.69, 9.17) is 0 Å². The molecule has 0 aliphatic heterocycles. The minimum absolute atomic E-state index is 0.188. The number of rotatable bonds is 4. The molecule has 0 aliphatic carbocycles. The van der Waals surface area contributed by atoms with E-state index in [-0.39, 0.29) is 5.56 Å². The summed E-state index contributed by atoms with van der Waals surface area (Å²) < 4.78 is 77.1.